The number of aromatic nitrogens is 2. The molecule has 0 saturated heterocycles. The number of imidazole rings is 1. The van der Waals surface area contributed by atoms with E-state index in [1.807, 2.05) is 40.7 Å². The van der Waals surface area contributed by atoms with E-state index >= 15 is 4.39 Å². The summed E-state index contributed by atoms with van der Waals surface area (Å²) in [7, 11) is 2.14. The van der Waals surface area contributed by atoms with Crippen LogP contribution in [-0.4, -0.2) is 4.57 Å². The van der Waals surface area contributed by atoms with Crippen molar-refractivity contribution < 1.29 is 8.79 Å². The Morgan fingerprint density at radius 3 is 1.78 bits per heavy atom. The van der Waals surface area contributed by atoms with Gasteiger partial charge in [-0.05, 0) is 99.0 Å². The second-order valence-corrected chi connectivity index (χ2v) is 12.2. The van der Waals surface area contributed by atoms with Crippen LogP contribution >= 0.6 is 0 Å². The van der Waals surface area contributed by atoms with Crippen LogP contribution in [0, 0.1) is 41.5 Å². The fourth-order valence-electron chi connectivity index (χ4n) is 6.96. The normalized spacial score (nSPS) is 12.5. The lowest BCUT2D eigenvalue weighted by Gasteiger charge is -2.23. The average Bonchev–Trinajstić information content (AvgIpc) is 3.28. The molecule has 2 heterocycles. The highest BCUT2D eigenvalue weighted by atomic mass is 19.1. The molecule has 0 N–H and O–H groups in total. The Morgan fingerprint density at radius 2 is 1.24 bits per heavy atom. The third-order valence-corrected chi connectivity index (χ3v) is 9.39. The first kappa shape index (κ1) is 33.9. The number of hydrogen-bond donors (Lipinski definition) is 0. The van der Waals surface area contributed by atoms with Gasteiger partial charge in [0, 0.05) is 28.8 Å². The van der Waals surface area contributed by atoms with Crippen LogP contribution in [-0.2, 0) is 12.7 Å². The summed E-state index contributed by atoms with van der Waals surface area (Å²) in [6.45, 7) is 24.8. The third-order valence-electron chi connectivity index (χ3n) is 9.39. The van der Waals surface area contributed by atoms with E-state index in [4.69, 9.17) is 0 Å². The molecule has 1 unspecified atom stereocenters. The van der Waals surface area contributed by atoms with E-state index in [-0.39, 0.29) is 0 Å². The van der Waals surface area contributed by atoms with Gasteiger partial charge in [0.2, 0.25) is 0 Å². The van der Waals surface area contributed by atoms with Crippen molar-refractivity contribution in [1.29, 1.82) is 0 Å². The summed E-state index contributed by atoms with van der Waals surface area (Å²) in [5, 5.41) is 3.27. The molecule has 0 spiro atoms. The Kier molecular flexibility index (Phi) is 9.92. The predicted molar refractivity (Wildman–Crippen MR) is 194 cm³/mol. The van der Waals surface area contributed by atoms with Gasteiger partial charge in [0.05, 0.1) is 12.4 Å². The van der Waals surface area contributed by atoms with Gasteiger partial charge in [-0.25, -0.2) is 8.96 Å². The van der Waals surface area contributed by atoms with E-state index in [1.165, 1.54) is 44.6 Å². The van der Waals surface area contributed by atoms with E-state index < -0.39 is 5.67 Å². The molecule has 236 valence electrons. The topological polar surface area (TPSA) is 9.03 Å². The molecule has 0 bridgehead atoms. The molecule has 0 aliphatic heterocycles. The second kappa shape index (κ2) is 13.2. The molecule has 6 rings (SSSR count). The van der Waals surface area contributed by atoms with Crippen LogP contribution < -0.4 is 4.40 Å². The lowest BCUT2D eigenvalue weighted by atomic mass is 9.84. The minimum atomic E-state index is -1.49. The summed E-state index contributed by atoms with van der Waals surface area (Å²) >= 11 is 0. The van der Waals surface area contributed by atoms with Crippen LogP contribution in [0.1, 0.15) is 87.0 Å². The molecule has 3 heteroatoms. The Balaban J connectivity index is 0.00000111. The fraction of sp³-hybridized carbons (Fsp3) is 0.357. The monoisotopic (exact) mass is 603 g/mol. The van der Waals surface area contributed by atoms with Crippen LogP contribution in [0.2, 0.25) is 0 Å². The van der Waals surface area contributed by atoms with Gasteiger partial charge in [-0.2, -0.15) is 4.40 Å². The van der Waals surface area contributed by atoms with Gasteiger partial charge in [0.25, 0.3) is 5.65 Å². The standard InChI is InChI=1S/C38H40FN2.2C2H6/c1-10-38(8,39)30-20-19-29(32-23(3)13-11-14-24(32)4)34-28-18-17-22(2)21-31(28)41-36(27(7)40(9)37(41)35(30)34)33-25(5)15-12-16-26(33)6;2*1-2/h11-21H,10H2,1-9H3;2*1-2H3/q+1;;. The molecule has 2 nitrogen and oxygen atoms in total. The zero-order chi connectivity index (χ0) is 33.4. The maximum atomic E-state index is 16.6. The molecule has 45 heavy (non-hydrogen) atoms. The van der Waals surface area contributed by atoms with Crippen molar-refractivity contribution in [2.24, 2.45) is 7.05 Å². The molecule has 2 aromatic heterocycles. The maximum Gasteiger partial charge on any atom is 0.295 e. The summed E-state index contributed by atoms with van der Waals surface area (Å²) in [5.74, 6) is 0. The highest BCUT2D eigenvalue weighted by molar-refractivity contribution is 6.18. The van der Waals surface area contributed by atoms with Crippen molar-refractivity contribution >= 4 is 27.3 Å². The van der Waals surface area contributed by atoms with Gasteiger partial charge >= 0.3 is 0 Å². The number of alkyl halides is 1. The number of pyridine rings is 1. The average molecular weight is 604 g/mol. The summed E-state index contributed by atoms with van der Waals surface area (Å²) in [5.41, 5.74) is 13.6. The fourth-order valence-corrected chi connectivity index (χ4v) is 6.96. The van der Waals surface area contributed by atoms with Gasteiger partial charge in [-0.1, -0.05) is 89.2 Å². The highest BCUT2D eigenvalue weighted by Gasteiger charge is 2.35. The Hall–Kier alpha value is -3.98. The van der Waals surface area contributed by atoms with Crippen LogP contribution in [0.4, 0.5) is 4.39 Å². The van der Waals surface area contributed by atoms with Crippen LogP contribution in [0.25, 0.3) is 49.7 Å². The molecular weight excluding hydrogens is 551 g/mol. The zero-order valence-corrected chi connectivity index (χ0v) is 29.8. The molecule has 0 saturated carbocycles. The lowest BCUT2D eigenvalue weighted by Crippen LogP contribution is -2.27. The van der Waals surface area contributed by atoms with Crippen molar-refractivity contribution in [3.8, 4) is 22.4 Å². The number of rotatable bonds is 4. The first-order valence-electron chi connectivity index (χ1n) is 16.7. The van der Waals surface area contributed by atoms with Gasteiger partial charge in [0.1, 0.15) is 16.9 Å². The van der Waals surface area contributed by atoms with Crippen LogP contribution in [0.3, 0.4) is 0 Å². The Bertz CT molecular complexity index is 1980. The van der Waals surface area contributed by atoms with Crippen LogP contribution in [0.15, 0.2) is 66.7 Å². The number of fused-ring (bicyclic) bond motifs is 6. The molecule has 0 amide bonds. The zero-order valence-electron chi connectivity index (χ0n) is 29.8. The van der Waals surface area contributed by atoms with Gasteiger partial charge < -0.3 is 0 Å². The van der Waals surface area contributed by atoms with Crippen LogP contribution in [0.5, 0.6) is 0 Å². The first-order valence-corrected chi connectivity index (χ1v) is 16.7. The highest BCUT2D eigenvalue weighted by Crippen LogP contribution is 2.45. The number of halogens is 1. The van der Waals surface area contributed by atoms with Crippen molar-refractivity contribution in [2.75, 3.05) is 0 Å². The number of hydrogen-bond acceptors (Lipinski definition) is 0. The van der Waals surface area contributed by atoms with E-state index in [2.05, 4.69) is 118 Å². The SMILES string of the molecule is CC.CC.CCC(C)(F)c1ccc(-c2c(C)cccc2C)c2c3ccc(C)cc3[n+]3c(-c4c(C)cccc4C)c(C)n(C)c3c12. The van der Waals surface area contributed by atoms with E-state index in [1.54, 1.807) is 6.92 Å². The number of benzene rings is 4. The lowest BCUT2D eigenvalue weighted by molar-refractivity contribution is -0.467. The van der Waals surface area contributed by atoms with Gasteiger partial charge in [-0.15, -0.1) is 0 Å². The predicted octanol–water partition coefficient (Wildman–Crippen LogP) is 11.9. The van der Waals surface area contributed by atoms with Crippen molar-refractivity contribution in [1.82, 2.24) is 4.57 Å². The molecule has 6 aromatic rings. The van der Waals surface area contributed by atoms with E-state index in [9.17, 15) is 0 Å². The van der Waals surface area contributed by atoms with Crippen molar-refractivity contribution in [3.05, 3.63) is 106 Å². The maximum absolute atomic E-state index is 16.6. The molecule has 4 aromatic carbocycles. The van der Waals surface area contributed by atoms with Gasteiger partial charge in [-0.3, -0.25) is 0 Å². The quantitative estimate of drug-likeness (QED) is 0.140. The molecule has 0 aliphatic rings. The minimum absolute atomic E-state index is 0.399. The van der Waals surface area contributed by atoms with E-state index in [0.717, 1.165) is 44.1 Å². The van der Waals surface area contributed by atoms with Crippen molar-refractivity contribution in [3.63, 3.8) is 0 Å². The molecule has 0 fully saturated rings. The first-order chi connectivity index (χ1) is 21.5. The second-order valence-electron chi connectivity index (χ2n) is 12.2. The molecular formula is C42H52FN2+. The van der Waals surface area contributed by atoms with Gasteiger partial charge in [0.15, 0.2) is 5.69 Å². The summed E-state index contributed by atoms with van der Waals surface area (Å²) in [6, 6.07) is 23.9. The summed E-state index contributed by atoms with van der Waals surface area (Å²) in [4.78, 5) is 0. The number of nitrogens with zero attached hydrogens (tertiary/aromatic N) is 2. The van der Waals surface area contributed by atoms with E-state index in [0.29, 0.717) is 6.42 Å². The third kappa shape index (κ3) is 5.45. The van der Waals surface area contributed by atoms with Crippen molar-refractivity contribution in [2.45, 2.75) is 95.2 Å². The smallest absolute Gasteiger partial charge is 0.239 e. The Labute approximate surface area is 270 Å². The molecule has 0 radical (unpaired) electrons. The Morgan fingerprint density at radius 1 is 0.711 bits per heavy atom. The molecule has 0 aliphatic carbocycles. The molecule has 1 atom stereocenters. The number of aryl methyl sites for hydroxylation is 6. The largest absolute Gasteiger partial charge is 0.295 e. The minimum Gasteiger partial charge on any atom is -0.239 e. The summed E-state index contributed by atoms with van der Waals surface area (Å²) < 4.78 is 21.3. The summed E-state index contributed by atoms with van der Waals surface area (Å²) in [6.07, 6.45) is 0.399.